The molecule has 2 atom stereocenters. The highest BCUT2D eigenvalue weighted by atomic mass is 16.4. The number of carbonyl (C=O) groups is 2. The average molecular weight is 396 g/mol. The smallest absolute Gasteiger partial charge is 0.327 e. The van der Waals surface area contributed by atoms with Gasteiger partial charge in [0.1, 0.15) is 11.5 Å². The molecular formula is C23H29N3O3. The van der Waals surface area contributed by atoms with Crippen LogP contribution in [0, 0.1) is 19.8 Å². The van der Waals surface area contributed by atoms with Crippen molar-refractivity contribution < 1.29 is 14.0 Å². The maximum Gasteiger partial charge on any atom is 0.327 e. The van der Waals surface area contributed by atoms with Gasteiger partial charge in [-0.1, -0.05) is 30.5 Å². The van der Waals surface area contributed by atoms with Crippen LogP contribution in [0.15, 0.2) is 28.7 Å². The van der Waals surface area contributed by atoms with Crippen LogP contribution < -0.4 is 0 Å². The first kappa shape index (κ1) is 19.7. The molecule has 2 unspecified atom stereocenters. The van der Waals surface area contributed by atoms with E-state index in [2.05, 4.69) is 0 Å². The largest absolute Gasteiger partial charge is 0.441 e. The number of amides is 3. The highest BCUT2D eigenvalue weighted by Gasteiger charge is 2.47. The Hall–Kier alpha value is -2.63. The maximum atomic E-state index is 13.2. The summed E-state index contributed by atoms with van der Waals surface area (Å²) in [6.45, 7) is 8.09. The highest BCUT2D eigenvalue weighted by molar-refractivity contribution is 5.99. The monoisotopic (exact) mass is 395 g/mol. The lowest BCUT2D eigenvalue weighted by Gasteiger charge is -2.47. The minimum atomic E-state index is -0.201. The molecule has 0 N–H and O–H groups in total. The Labute approximate surface area is 171 Å². The second-order valence-corrected chi connectivity index (χ2v) is 8.56. The van der Waals surface area contributed by atoms with Crippen LogP contribution in [0.1, 0.15) is 56.5 Å². The lowest BCUT2D eigenvalue weighted by Crippen LogP contribution is -2.63. The van der Waals surface area contributed by atoms with E-state index >= 15 is 0 Å². The quantitative estimate of drug-likeness (QED) is 0.753. The lowest BCUT2D eigenvalue weighted by molar-refractivity contribution is -0.142. The molecule has 29 heavy (non-hydrogen) atoms. The zero-order valence-electron chi connectivity index (χ0n) is 17.6. The number of aromatic nitrogens is 1. The summed E-state index contributed by atoms with van der Waals surface area (Å²) < 4.78 is 5.93. The van der Waals surface area contributed by atoms with E-state index in [0.29, 0.717) is 12.4 Å². The summed E-state index contributed by atoms with van der Waals surface area (Å²) in [7, 11) is 0. The van der Waals surface area contributed by atoms with Crippen LogP contribution in [0.5, 0.6) is 0 Å². The third kappa shape index (κ3) is 3.56. The topological polar surface area (TPSA) is 66.7 Å². The van der Waals surface area contributed by atoms with Gasteiger partial charge >= 0.3 is 6.03 Å². The summed E-state index contributed by atoms with van der Waals surface area (Å²) in [5.41, 5.74) is 2.83. The number of fused-ring (bicyclic) bond motifs is 1. The van der Waals surface area contributed by atoms with Crippen LogP contribution >= 0.6 is 0 Å². The molecule has 2 heterocycles. The van der Waals surface area contributed by atoms with E-state index in [4.69, 9.17) is 9.40 Å². The Morgan fingerprint density at radius 3 is 2.66 bits per heavy atom. The normalized spacial score (nSPS) is 22.4. The lowest BCUT2D eigenvalue weighted by atomic mass is 9.81. The van der Waals surface area contributed by atoms with Crippen molar-refractivity contribution >= 4 is 11.9 Å². The van der Waals surface area contributed by atoms with E-state index in [-0.39, 0.29) is 29.9 Å². The van der Waals surface area contributed by atoms with Gasteiger partial charge in [-0.15, -0.1) is 0 Å². The molecule has 0 spiro atoms. The Kier molecular flexibility index (Phi) is 5.19. The van der Waals surface area contributed by atoms with Crippen molar-refractivity contribution in [1.82, 2.24) is 14.8 Å². The third-order valence-electron chi connectivity index (χ3n) is 6.13. The standard InChI is InChI=1S/C23H29N3O3/c1-14(2)26-22(27)18-10-5-6-11-20(18)25(23(26)28)13-19-16(4)29-21(24-19)17-9-7-8-15(3)12-17/h7-9,12,14,18,20H,5-6,10-11,13H2,1-4H3. The van der Waals surface area contributed by atoms with Crippen LogP contribution in [-0.4, -0.2) is 38.8 Å². The van der Waals surface area contributed by atoms with Gasteiger partial charge in [0.25, 0.3) is 0 Å². The number of nitrogens with zero attached hydrogens (tertiary/aromatic N) is 3. The number of aryl methyl sites for hydroxylation is 2. The number of hydrogen-bond donors (Lipinski definition) is 0. The molecule has 2 fully saturated rings. The van der Waals surface area contributed by atoms with E-state index in [0.717, 1.165) is 48.3 Å². The molecule has 1 saturated carbocycles. The first-order valence-corrected chi connectivity index (χ1v) is 10.5. The average Bonchev–Trinajstić information content (AvgIpc) is 3.05. The molecule has 2 aromatic rings. The number of oxazole rings is 1. The van der Waals surface area contributed by atoms with Gasteiger partial charge < -0.3 is 9.32 Å². The summed E-state index contributed by atoms with van der Waals surface area (Å²) in [4.78, 5) is 34.2. The number of carbonyl (C=O) groups excluding carboxylic acids is 2. The van der Waals surface area contributed by atoms with Crippen LogP contribution in [0.2, 0.25) is 0 Å². The molecule has 6 nitrogen and oxygen atoms in total. The van der Waals surface area contributed by atoms with Gasteiger partial charge in [0.2, 0.25) is 11.8 Å². The number of rotatable bonds is 4. The summed E-state index contributed by atoms with van der Waals surface area (Å²) in [6, 6.07) is 7.64. The van der Waals surface area contributed by atoms with E-state index in [1.165, 1.54) is 4.90 Å². The molecular weight excluding hydrogens is 366 g/mol. The molecule has 3 amide bonds. The van der Waals surface area contributed by atoms with Crippen molar-refractivity contribution in [3.8, 4) is 11.5 Å². The number of benzene rings is 1. The maximum absolute atomic E-state index is 13.2. The first-order chi connectivity index (χ1) is 13.9. The fraction of sp³-hybridized carbons (Fsp3) is 0.522. The predicted octanol–water partition coefficient (Wildman–Crippen LogP) is 4.69. The van der Waals surface area contributed by atoms with Crippen LogP contribution in [-0.2, 0) is 11.3 Å². The van der Waals surface area contributed by atoms with Crippen LogP contribution in [0.4, 0.5) is 4.79 Å². The predicted molar refractivity (Wildman–Crippen MR) is 110 cm³/mol. The summed E-state index contributed by atoms with van der Waals surface area (Å²) in [5.74, 6) is 1.17. The van der Waals surface area contributed by atoms with Crippen molar-refractivity contribution in [2.75, 3.05) is 0 Å². The van der Waals surface area contributed by atoms with Crippen LogP contribution in [0.3, 0.4) is 0 Å². The molecule has 4 rings (SSSR count). The Bertz CT molecular complexity index is 933. The Morgan fingerprint density at radius 2 is 1.93 bits per heavy atom. The first-order valence-electron chi connectivity index (χ1n) is 10.5. The van der Waals surface area contributed by atoms with Crippen molar-refractivity contribution in [2.45, 2.75) is 72.0 Å². The molecule has 1 aliphatic carbocycles. The summed E-state index contributed by atoms with van der Waals surface area (Å²) >= 11 is 0. The van der Waals surface area contributed by atoms with Gasteiger partial charge in [-0.25, -0.2) is 9.78 Å². The van der Waals surface area contributed by atoms with E-state index in [1.807, 2.05) is 56.9 Å². The van der Waals surface area contributed by atoms with E-state index in [9.17, 15) is 9.59 Å². The van der Waals surface area contributed by atoms with Gasteiger partial charge in [-0.3, -0.25) is 9.69 Å². The van der Waals surface area contributed by atoms with E-state index < -0.39 is 0 Å². The van der Waals surface area contributed by atoms with Crippen molar-refractivity contribution in [1.29, 1.82) is 0 Å². The molecule has 1 saturated heterocycles. The minimum Gasteiger partial charge on any atom is -0.441 e. The molecule has 154 valence electrons. The van der Waals surface area contributed by atoms with Crippen molar-refractivity contribution in [2.24, 2.45) is 5.92 Å². The number of hydrogen-bond acceptors (Lipinski definition) is 4. The Morgan fingerprint density at radius 1 is 1.17 bits per heavy atom. The molecule has 6 heteroatoms. The highest BCUT2D eigenvalue weighted by Crippen LogP contribution is 2.36. The number of imide groups is 1. The van der Waals surface area contributed by atoms with Crippen molar-refractivity contribution in [3.63, 3.8) is 0 Å². The molecule has 0 radical (unpaired) electrons. The van der Waals surface area contributed by atoms with E-state index in [1.54, 1.807) is 0 Å². The zero-order valence-corrected chi connectivity index (χ0v) is 17.6. The third-order valence-corrected chi connectivity index (χ3v) is 6.13. The van der Waals surface area contributed by atoms with Gasteiger partial charge in [0.15, 0.2) is 0 Å². The van der Waals surface area contributed by atoms with Gasteiger partial charge in [-0.05, 0) is 52.7 Å². The number of urea groups is 1. The zero-order chi connectivity index (χ0) is 20.7. The molecule has 2 aliphatic rings. The van der Waals surface area contributed by atoms with Gasteiger partial charge in [0.05, 0.1) is 12.5 Å². The Balaban J connectivity index is 1.65. The van der Waals surface area contributed by atoms with Gasteiger partial charge in [-0.2, -0.15) is 0 Å². The van der Waals surface area contributed by atoms with Gasteiger partial charge in [0, 0.05) is 17.6 Å². The van der Waals surface area contributed by atoms with Crippen LogP contribution in [0.25, 0.3) is 11.5 Å². The molecule has 1 aromatic heterocycles. The summed E-state index contributed by atoms with van der Waals surface area (Å²) in [5, 5.41) is 0. The fourth-order valence-corrected chi connectivity index (χ4v) is 4.62. The SMILES string of the molecule is Cc1cccc(-c2nc(CN3C(=O)N(C(C)C)C(=O)C4CCCCC43)c(C)o2)c1. The molecule has 1 aliphatic heterocycles. The second-order valence-electron chi connectivity index (χ2n) is 8.56. The molecule has 0 bridgehead atoms. The minimum absolute atomic E-state index is 0.0109. The fourth-order valence-electron chi connectivity index (χ4n) is 4.62. The second kappa shape index (κ2) is 7.65. The van der Waals surface area contributed by atoms with Crippen molar-refractivity contribution in [3.05, 3.63) is 41.3 Å². The summed E-state index contributed by atoms with van der Waals surface area (Å²) in [6.07, 6.45) is 3.81. The molecule has 1 aromatic carbocycles.